The molecule has 2 N–H and O–H groups in total. The van der Waals surface area contributed by atoms with Gasteiger partial charge in [-0.15, -0.1) is 24.8 Å². The Morgan fingerprint density at radius 1 is 1.00 bits per heavy atom. The van der Waals surface area contributed by atoms with E-state index in [1.165, 1.54) is 0 Å². The summed E-state index contributed by atoms with van der Waals surface area (Å²) in [6.07, 6.45) is 3.46. The van der Waals surface area contributed by atoms with Crippen molar-refractivity contribution < 1.29 is 5.11 Å². The lowest BCUT2D eigenvalue weighted by Gasteiger charge is -2.29. The van der Waals surface area contributed by atoms with Crippen molar-refractivity contribution in [2.24, 2.45) is 0 Å². The molecule has 0 atom stereocenters. The van der Waals surface area contributed by atoms with E-state index < -0.39 is 0 Å². The maximum absolute atomic E-state index is 9.11. The molecule has 0 amide bonds. The minimum Gasteiger partial charge on any atom is -0.392 e. The zero-order chi connectivity index (χ0) is 13.8. The third-order valence-corrected chi connectivity index (χ3v) is 3.51. The van der Waals surface area contributed by atoms with E-state index in [-0.39, 0.29) is 31.4 Å². The molecule has 3 rings (SSSR count). The normalized spacial score (nSPS) is 14.0. The number of aliphatic hydroxyl groups is 1. The average molecular weight is 343 g/mol. The summed E-state index contributed by atoms with van der Waals surface area (Å²) in [6.45, 7) is 3.89. The molecule has 2 aromatic rings. The Morgan fingerprint density at radius 2 is 1.64 bits per heavy atom. The smallest absolute Gasteiger partial charge is 0.155 e. The Bertz CT molecular complexity index is 574. The molecule has 0 aliphatic carbocycles. The second kappa shape index (κ2) is 8.90. The van der Waals surface area contributed by atoms with Gasteiger partial charge in [0.25, 0.3) is 0 Å². The van der Waals surface area contributed by atoms with E-state index in [1.807, 2.05) is 24.3 Å². The van der Waals surface area contributed by atoms with Crippen molar-refractivity contribution in [3.05, 3.63) is 42.2 Å². The van der Waals surface area contributed by atoms with Crippen molar-refractivity contribution in [3.63, 3.8) is 0 Å². The molecule has 1 saturated heterocycles. The zero-order valence-corrected chi connectivity index (χ0v) is 13.7. The minimum absolute atomic E-state index is 0. The van der Waals surface area contributed by atoms with Crippen molar-refractivity contribution in [1.82, 2.24) is 15.3 Å². The van der Waals surface area contributed by atoms with E-state index in [0.29, 0.717) is 0 Å². The van der Waals surface area contributed by atoms with Gasteiger partial charge >= 0.3 is 0 Å². The molecular weight excluding hydrogens is 323 g/mol. The standard InChI is InChI=1S/C15H18N4O.2ClH/c20-11-12-1-3-13(4-2-12)14-15(18-6-5-17-14)19-9-7-16-8-10-19;;/h1-6,16,20H,7-11H2;2*1H. The maximum Gasteiger partial charge on any atom is 0.155 e. The second-order valence-electron chi connectivity index (χ2n) is 4.82. The van der Waals surface area contributed by atoms with Crippen molar-refractivity contribution in [2.45, 2.75) is 6.61 Å². The lowest BCUT2D eigenvalue weighted by molar-refractivity contribution is 0.282. The second-order valence-corrected chi connectivity index (χ2v) is 4.82. The number of hydrogen-bond acceptors (Lipinski definition) is 5. The summed E-state index contributed by atoms with van der Waals surface area (Å²) in [6, 6.07) is 7.82. The summed E-state index contributed by atoms with van der Waals surface area (Å²) in [5.74, 6) is 0.936. The molecule has 1 fully saturated rings. The van der Waals surface area contributed by atoms with Gasteiger partial charge in [0.2, 0.25) is 0 Å². The average Bonchev–Trinajstić information content (AvgIpc) is 2.56. The molecule has 1 aliphatic heterocycles. The van der Waals surface area contributed by atoms with Gasteiger partial charge in [0.15, 0.2) is 5.82 Å². The highest BCUT2D eigenvalue weighted by molar-refractivity contribution is 5.85. The molecular formula is C15H20Cl2N4O. The monoisotopic (exact) mass is 342 g/mol. The molecule has 0 saturated carbocycles. The number of aromatic nitrogens is 2. The third kappa shape index (κ3) is 4.08. The summed E-state index contributed by atoms with van der Waals surface area (Å²) in [7, 11) is 0. The molecule has 2 heterocycles. The van der Waals surface area contributed by atoms with E-state index in [1.54, 1.807) is 12.4 Å². The Morgan fingerprint density at radius 3 is 2.27 bits per heavy atom. The molecule has 1 aromatic heterocycles. The Labute approximate surface area is 142 Å². The van der Waals surface area contributed by atoms with Crippen LogP contribution in [-0.4, -0.2) is 41.3 Å². The number of rotatable bonds is 3. The van der Waals surface area contributed by atoms with E-state index in [2.05, 4.69) is 20.2 Å². The predicted octanol–water partition coefficient (Wildman–Crippen LogP) is 1.89. The number of benzene rings is 1. The number of piperazine rings is 1. The Balaban J connectivity index is 0.00000121. The lowest BCUT2D eigenvalue weighted by atomic mass is 10.1. The first-order valence-corrected chi connectivity index (χ1v) is 6.85. The van der Waals surface area contributed by atoms with Crippen LogP contribution in [0, 0.1) is 0 Å². The highest BCUT2D eigenvalue weighted by Crippen LogP contribution is 2.26. The fourth-order valence-electron chi connectivity index (χ4n) is 2.41. The minimum atomic E-state index is 0. The molecule has 1 aromatic carbocycles. The molecule has 120 valence electrons. The number of nitrogens with zero attached hydrogens (tertiary/aromatic N) is 3. The van der Waals surface area contributed by atoms with Crippen molar-refractivity contribution in [1.29, 1.82) is 0 Å². The lowest BCUT2D eigenvalue weighted by Crippen LogP contribution is -2.44. The van der Waals surface area contributed by atoms with Crippen LogP contribution in [0.5, 0.6) is 0 Å². The van der Waals surface area contributed by atoms with Crippen LogP contribution in [0.1, 0.15) is 5.56 Å². The predicted molar refractivity (Wildman–Crippen MR) is 93.0 cm³/mol. The number of nitrogens with one attached hydrogen (secondary N) is 1. The van der Waals surface area contributed by atoms with Gasteiger partial charge in [-0.05, 0) is 5.56 Å². The highest BCUT2D eigenvalue weighted by Gasteiger charge is 2.17. The molecule has 0 radical (unpaired) electrons. The van der Waals surface area contributed by atoms with Crippen LogP contribution in [0.25, 0.3) is 11.3 Å². The quantitative estimate of drug-likeness (QED) is 0.891. The summed E-state index contributed by atoms with van der Waals surface area (Å²) >= 11 is 0. The topological polar surface area (TPSA) is 61.3 Å². The number of halogens is 2. The summed E-state index contributed by atoms with van der Waals surface area (Å²) in [4.78, 5) is 11.3. The van der Waals surface area contributed by atoms with Crippen molar-refractivity contribution in [2.75, 3.05) is 31.1 Å². The zero-order valence-electron chi connectivity index (χ0n) is 12.1. The van der Waals surface area contributed by atoms with Crippen molar-refractivity contribution in [3.8, 4) is 11.3 Å². The van der Waals surface area contributed by atoms with Crippen LogP contribution in [0.15, 0.2) is 36.7 Å². The van der Waals surface area contributed by atoms with Crippen LogP contribution in [0.3, 0.4) is 0 Å². The fourth-order valence-corrected chi connectivity index (χ4v) is 2.41. The van der Waals surface area contributed by atoms with Crippen LogP contribution >= 0.6 is 24.8 Å². The van der Waals surface area contributed by atoms with E-state index >= 15 is 0 Å². The van der Waals surface area contributed by atoms with Gasteiger partial charge in [-0.25, -0.2) is 4.98 Å². The van der Waals surface area contributed by atoms with E-state index in [0.717, 1.165) is 48.8 Å². The summed E-state index contributed by atoms with van der Waals surface area (Å²) in [5.41, 5.74) is 2.84. The Hall–Kier alpha value is -1.40. The first-order valence-electron chi connectivity index (χ1n) is 6.85. The Kier molecular flexibility index (Phi) is 7.55. The molecule has 5 nitrogen and oxygen atoms in total. The van der Waals surface area contributed by atoms with Crippen LogP contribution in [0.2, 0.25) is 0 Å². The number of anilines is 1. The van der Waals surface area contributed by atoms with Gasteiger partial charge in [0, 0.05) is 44.1 Å². The van der Waals surface area contributed by atoms with E-state index in [4.69, 9.17) is 5.11 Å². The maximum atomic E-state index is 9.11. The third-order valence-electron chi connectivity index (χ3n) is 3.51. The largest absolute Gasteiger partial charge is 0.392 e. The molecule has 1 aliphatic rings. The molecule has 0 bridgehead atoms. The van der Waals surface area contributed by atoms with Crippen molar-refractivity contribution >= 4 is 30.6 Å². The van der Waals surface area contributed by atoms with Gasteiger partial charge in [0.05, 0.1) is 6.61 Å². The van der Waals surface area contributed by atoms with Crippen LogP contribution in [0.4, 0.5) is 5.82 Å². The molecule has 0 spiro atoms. The van der Waals surface area contributed by atoms with Crippen LogP contribution in [-0.2, 0) is 6.61 Å². The van der Waals surface area contributed by atoms with Crippen LogP contribution < -0.4 is 10.2 Å². The van der Waals surface area contributed by atoms with Gasteiger partial charge in [-0.2, -0.15) is 0 Å². The van der Waals surface area contributed by atoms with Gasteiger partial charge in [-0.3, -0.25) is 4.98 Å². The summed E-state index contributed by atoms with van der Waals surface area (Å²) < 4.78 is 0. The number of aliphatic hydroxyl groups excluding tert-OH is 1. The van der Waals surface area contributed by atoms with Gasteiger partial charge in [0.1, 0.15) is 5.69 Å². The fraction of sp³-hybridized carbons (Fsp3) is 0.333. The SMILES string of the molecule is Cl.Cl.OCc1ccc(-c2nccnc2N2CCNCC2)cc1. The van der Waals surface area contributed by atoms with E-state index in [9.17, 15) is 0 Å². The van der Waals surface area contributed by atoms with Gasteiger partial charge in [-0.1, -0.05) is 24.3 Å². The first kappa shape index (κ1) is 18.6. The molecule has 7 heteroatoms. The highest BCUT2D eigenvalue weighted by atomic mass is 35.5. The number of hydrogen-bond donors (Lipinski definition) is 2. The summed E-state index contributed by atoms with van der Waals surface area (Å²) in [5, 5.41) is 12.5. The van der Waals surface area contributed by atoms with Gasteiger partial charge < -0.3 is 15.3 Å². The molecule has 22 heavy (non-hydrogen) atoms. The first-order chi connectivity index (χ1) is 9.88. The molecule has 0 unspecified atom stereocenters.